The van der Waals surface area contributed by atoms with Crippen LogP contribution in [0.5, 0.6) is 0 Å². The van der Waals surface area contributed by atoms with E-state index in [1.54, 1.807) is 12.1 Å². The Morgan fingerprint density at radius 2 is 1.83 bits per heavy atom. The highest BCUT2D eigenvalue weighted by molar-refractivity contribution is 5.90. The summed E-state index contributed by atoms with van der Waals surface area (Å²) in [5, 5.41) is 0. The van der Waals surface area contributed by atoms with Crippen LogP contribution in [0.15, 0.2) is 48.8 Å². The smallest absolute Gasteiger partial charge is 0.168 e. The van der Waals surface area contributed by atoms with Crippen molar-refractivity contribution in [1.82, 2.24) is 19.5 Å². The normalized spacial score (nSPS) is 14.4. The second-order valence-corrected chi connectivity index (χ2v) is 7.75. The predicted molar refractivity (Wildman–Crippen MR) is 117 cm³/mol. The molecule has 0 atom stereocenters. The van der Waals surface area contributed by atoms with Crippen LogP contribution in [-0.4, -0.2) is 32.6 Å². The van der Waals surface area contributed by atoms with Gasteiger partial charge >= 0.3 is 0 Å². The minimum Gasteiger partial charge on any atom is -0.396 e. The van der Waals surface area contributed by atoms with Gasteiger partial charge in [-0.25, -0.2) is 19.3 Å². The maximum atomic E-state index is 14.3. The number of anilines is 2. The zero-order valence-corrected chi connectivity index (χ0v) is 16.8. The van der Waals surface area contributed by atoms with Crippen molar-refractivity contribution in [2.45, 2.75) is 26.2 Å². The number of aryl methyl sites for hydroxylation is 1. The van der Waals surface area contributed by atoms with E-state index in [9.17, 15) is 4.39 Å². The van der Waals surface area contributed by atoms with Crippen molar-refractivity contribution in [2.24, 2.45) is 0 Å². The summed E-state index contributed by atoms with van der Waals surface area (Å²) in [5.74, 6) is 0.822. The molecule has 1 aliphatic rings. The molecule has 152 valence electrons. The van der Waals surface area contributed by atoms with Crippen LogP contribution in [-0.2, 0) is 0 Å². The summed E-state index contributed by atoms with van der Waals surface area (Å²) in [6, 6.07) is 10.7. The van der Waals surface area contributed by atoms with Gasteiger partial charge in [0, 0.05) is 31.0 Å². The van der Waals surface area contributed by atoms with Gasteiger partial charge in [-0.05, 0) is 62.1 Å². The minimum atomic E-state index is -0.466. The fraction of sp³-hybridized carbons (Fsp3) is 0.261. The number of imidazole rings is 1. The van der Waals surface area contributed by atoms with Crippen LogP contribution in [0.25, 0.3) is 28.4 Å². The average molecular weight is 402 g/mol. The van der Waals surface area contributed by atoms with Crippen LogP contribution in [0.2, 0.25) is 0 Å². The maximum absolute atomic E-state index is 14.3. The third kappa shape index (κ3) is 3.16. The molecule has 1 saturated heterocycles. The zero-order valence-electron chi connectivity index (χ0n) is 16.8. The van der Waals surface area contributed by atoms with Crippen molar-refractivity contribution in [3.63, 3.8) is 0 Å². The number of rotatable bonds is 3. The number of halogens is 1. The van der Waals surface area contributed by atoms with E-state index in [0.29, 0.717) is 22.9 Å². The van der Waals surface area contributed by atoms with Gasteiger partial charge < -0.3 is 10.6 Å². The maximum Gasteiger partial charge on any atom is 0.168 e. The van der Waals surface area contributed by atoms with Gasteiger partial charge in [0.05, 0.1) is 11.4 Å². The molecule has 0 saturated carbocycles. The van der Waals surface area contributed by atoms with Crippen LogP contribution in [0.4, 0.5) is 15.8 Å². The lowest BCUT2D eigenvalue weighted by Gasteiger charge is -2.28. The summed E-state index contributed by atoms with van der Waals surface area (Å²) in [5.41, 5.74) is 10.1. The summed E-state index contributed by atoms with van der Waals surface area (Å²) >= 11 is 0. The standard InChI is InChI=1S/C23H23FN6/c1-15-5-8-20(27-14-15)30-22(16-6-7-18(25)17(24)13-16)28-21-19(9-10-26-23(21)30)29-11-3-2-4-12-29/h5-10,13-14H,2-4,11-12,25H2,1H3. The van der Waals surface area contributed by atoms with Crippen LogP contribution in [0.1, 0.15) is 24.8 Å². The SMILES string of the molecule is Cc1ccc(-n2c(-c3ccc(N)c(F)c3)nc3c(N4CCCCC4)ccnc32)nc1. The molecule has 1 fully saturated rings. The molecule has 0 amide bonds. The molecule has 0 aliphatic carbocycles. The lowest BCUT2D eigenvalue weighted by Crippen LogP contribution is -2.29. The fourth-order valence-corrected chi connectivity index (χ4v) is 4.02. The molecule has 5 rings (SSSR count). The van der Waals surface area contributed by atoms with Crippen molar-refractivity contribution in [1.29, 1.82) is 0 Å². The first-order valence-corrected chi connectivity index (χ1v) is 10.2. The van der Waals surface area contributed by atoms with Gasteiger partial charge in [-0.3, -0.25) is 4.57 Å². The van der Waals surface area contributed by atoms with E-state index in [1.807, 2.05) is 42.1 Å². The molecule has 0 radical (unpaired) electrons. The topological polar surface area (TPSA) is 72.9 Å². The number of aromatic nitrogens is 4. The number of hydrogen-bond acceptors (Lipinski definition) is 5. The second kappa shape index (κ2) is 7.40. The van der Waals surface area contributed by atoms with Crippen molar-refractivity contribution in [2.75, 3.05) is 23.7 Å². The molecule has 0 spiro atoms. The molecule has 0 unspecified atom stereocenters. The van der Waals surface area contributed by atoms with Crippen molar-refractivity contribution in [3.05, 3.63) is 60.2 Å². The minimum absolute atomic E-state index is 0.113. The van der Waals surface area contributed by atoms with Crippen LogP contribution < -0.4 is 10.6 Å². The number of nitrogens with two attached hydrogens (primary N) is 1. The Bertz CT molecular complexity index is 1210. The highest BCUT2D eigenvalue weighted by Crippen LogP contribution is 2.33. The molecule has 7 heteroatoms. The van der Waals surface area contributed by atoms with E-state index in [4.69, 9.17) is 10.7 Å². The summed E-state index contributed by atoms with van der Waals surface area (Å²) < 4.78 is 16.2. The molecule has 1 aromatic carbocycles. The third-order valence-corrected chi connectivity index (χ3v) is 5.61. The van der Waals surface area contributed by atoms with Crippen LogP contribution >= 0.6 is 0 Å². The van der Waals surface area contributed by atoms with Gasteiger partial charge in [0.2, 0.25) is 0 Å². The molecule has 4 aromatic rings. The van der Waals surface area contributed by atoms with Crippen molar-refractivity contribution in [3.8, 4) is 17.2 Å². The number of piperidine rings is 1. The number of fused-ring (bicyclic) bond motifs is 1. The zero-order chi connectivity index (χ0) is 20.7. The van der Waals surface area contributed by atoms with E-state index in [0.717, 1.165) is 29.9 Å². The molecule has 0 bridgehead atoms. The number of nitrogens with zero attached hydrogens (tertiary/aromatic N) is 5. The summed E-state index contributed by atoms with van der Waals surface area (Å²) in [6.07, 6.45) is 7.21. The highest BCUT2D eigenvalue weighted by Gasteiger charge is 2.22. The fourth-order valence-electron chi connectivity index (χ4n) is 4.02. The molecule has 30 heavy (non-hydrogen) atoms. The second-order valence-electron chi connectivity index (χ2n) is 7.75. The molecular formula is C23H23FN6. The van der Waals surface area contributed by atoms with E-state index in [-0.39, 0.29) is 5.69 Å². The van der Waals surface area contributed by atoms with Crippen molar-refractivity contribution >= 4 is 22.5 Å². The van der Waals surface area contributed by atoms with Crippen LogP contribution in [0, 0.1) is 12.7 Å². The predicted octanol–water partition coefficient (Wildman–Crippen LogP) is 4.50. The summed E-state index contributed by atoms with van der Waals surface area (Å²) in [4.78, 5) is 16.5. The highest BCUT2D eigenvalue weighted by atomic mass is 19.1. The first-order chi connectivity index (χ1) is 14.6. The Hall–Kier alpha value is -3.48. The Morgan fingerprint density at radius 3 is 2.57 bits per heavy atom. The molecule has 4 heterocycles. The Balaban J connectivity index is 1.77. The Labute approximate surface area is 174 Å². The van der Waals surface area contributed by atoms with E-state index in [1.165, 1.54) is 25.3 Å². The van der Waals surface area contributed by atoms with E-state index >= 15 is 0 Å². The summed E-state index contributed by atoms with van der Waals surface area (Å²) in [6.45, 7) is 3.99. The van der Waals surface area contributed by atoms with Gasteiger partial charge in [-0.1, -0.05) is 6.07 Å². The number of hydrogen-bond donors (Lipinski definition) is 1. The Morgan fingerprint density at radius 1 is 1.00 bits per heavy atom. The largest absolute Gasteiger partial charge is 0.396 e. The first kappa shape index (κ1) is 18.5. The molecule has 2 N–H and O–H groups in total. The van der Waals surface area contributed by atoms with Gasteiger partial charge in [0.1, 0.15) is 23.0 Å². The van der Waals surface area contributed by atoms with E-state index < -0.39 is 5.82 Å². The van der Waals surface area contributed by atoms with E-state index in [2.05, 4.69) is 14.9 Å². The number of pyridine rings is 2. The molecule has 1 aliphatic heterocycles. The van der Waals surface area contributed by atoms with Gasteiger partial charge in [-0.2, -0.15) is 0 Å². The molecule has 3 aromatic heterocycles. The number of nitrogen functional groups attached to an aromatic ring is 1. The average Bonchev–Trinajstić information content (AvgIpc) is 3.16. The molecular weight excluding hydrogens is 379 g/mol. The van der Waals surface area contributed by atoms with Crippen LogP contribution in [0.3, 0.4) is 0 Å². The Kier molecular flexibility index (Phi) is 4.58. The third-order valence-electron chi connectivity index (χ3n) is 5.61. The van der Waals surface area contributed by atoms with Crippen molar-refractivity contribution < 1.29 is 4.39 Å². The summed E-state index contributed by atoms with van der Waals surface area (Å²) in [7, 11) is 0. The first-order valence-electron chi connectivity index (χ1n) is 10.2. The quantitative estimate of drug-likeness (QED) is 0.511. The number of benzene rings is 1. The van der Waals surface area contributed by atoms with Gasteiger partial charge in [0.15, 0.2) is 5.65 Å². The monoisotopic (exact) mass is 402 g/mol. The van der Waals surface area contributed by atoms with Gasteiger partial charge in [0.25, 0.3) is 0 Å². The molecule has 6 nitrogen and oxygen atoms in total. The lowest BCUT2D eigenvalue weighted by atomic mass is 10.1. The lowest BCUT2D eigenvalue weighted by molar-refractivity contribution is 0.578. The van der Waals surface area contributed by atoms with Gasteiger partial charge in [-0.15, -0.1) is 0 Å².